The second-order valence-corrected chi connectivity index (χ2v) is 10.3. The van der Waals surface area contributed by atoms with Gasteiger partial charge in [-0.2, -0.15) is 0 Å². The van der Waals surface area contributed by atoms with Crippen LogP contribution in [0.4, 0.5) is 0 Å². The van der Waals surface area contributed by atoms with Gasteiger partial charge in [0.2, 0.25) is 0 Å². The largest absolute Gasteiger partial charge is 0.494 e. The summed E-state index contributed by atoms with van der Waals surface area (Å²) in [5, 5.41) is 0. The van der Waals surface area contributed by atoms with Gasteiger partial charge in [0.15, 0.2) is 5.78 Å². The Morgan fingerprint density at radius 2 is 1.62 bits per heavy atom. The Bertz CT molecular complexity index is 841. The molecule has 1 fully saturated rings. The van der Waals surface area contributed by atoms with Crippen LogP contribution >= 0.6 is 0 Å². The average molecular weight is 514 g/mol. The summed E-state index contributed by atoms with van der Waals surface area (Å²) in [5.41, 5.74) is 3.23. The van der Waals surface area contributed by atoms with E-state index in [4.69, 9.17) is 4.74 Å². The number of hydrogen-bond donors (Lipinski definition) is 0. The SMILES string of the molecule is C=C/C(=C\N=C(C)C(C)C)C1CC1.CC(C)=O.CCC(C)C(C)C.CCOc1cccc(C(=O)CC)c1. The van der Waals surface area contributed by atoms with Crippen molar-refractivity contribution >= 4 is 17.3 Å². The average Bonchev–Trinajstić information content (AvgIpc) is 3.69. The summed E-state index contributed by atoms with van der Waals surface area (Å²) in [4.78, 5) is 25.2. The number of carbonyl (C=O) groups excluding carboxylic acids is 2. The van der Waals surface area contributed by atoms with E-state index >= 15 is 0 Å². The molecule has 0 spiro atoms. The molecule has 0 radical (unpaired) electrons. The predicted octanol–water partition coefficient (Wildman–Crippen LogP) is 9.54. The molecule has 1 aromatic rings. The van der Waals surface area contributed by atoms with Crippen LogP contribution < -0.4 is 4.74 Å². The monoisotopic (exact) mass is 513 g/mol. The molecule has 1 unspecified atom stereocenters. The van der Waals surface area contributed by atoms with Crippen LogP contribution in [0.1, 0.15) is 112 Å². The fraction of sp³-hybridized carbons (Fsp3) is 0.606. The van der Waals surface area contributed by atoms with Gasteiger partial charge >= 0.3 is 0 Å². The van der Waals surface area contributed by atoms with Crippen LogP contribution in [-0.4, -0.2) is 23.9 Å². The Morgan fingerprint density at radius 1 is 1.05 bits per heavy atom. The molecule has 2 rings (SSSR count). The zero-order valence-electron chi connectivity index (χ0n) is 25.7. The molecule has 37 heavy (non-hydrogen) atoms. The summed E-state index contributed by atoms with van der Waals surface area (Å²) in [6, 6.07) is 7.30. The molecule has 1 aliphatic carbocycles. The first-order valence-electron chi connectivity index (χ1n) is 13.9. The van der Waals surface area contributed by atoms with Gasteiger partial charge in [0.25, 0.3) is 0 Å². The van der Waals surface area contributed by atoms with Crippen LogP contribution in [0.5, 0.6) is 5.75 Å². The lowest BCUT2D eigenvalue weighted by Gasteiger charge is -2.10. The summed E-state index contributed by atoms with van der Waals surface area (Å²) in [5.74, 6) is 4.15. The molecule has 0 bridgehead atoms. The lowest BCUT2D eigenvalue weighted by atomic mass is 9.96. The van der Waals surface area contributed by atoms with Crippen LogP contribution in [0.15, 0.2) is 53.7 Å². The number of carbonyl (C=O) groups is 2. The van der Waals surface area contributed by atoms with Crippen molar-refractivity contribution in [3.63, 3.8) is 0 Å². The number of Topliss-reactive ketones (excluding diaryl/α,β-unsaturated/α-hetero) is 2. The highest BCUT2D eigenvalue weighted by atomic mass is 16.5. The smallest absolute Gasteiger partial charge is 0.162 e. The van der Waals surface area contributed by atoms with E-state index in [9.17, 15) is 9.59 Å². The molecule has 4 heteroatoms. The maximum atomic E-state index is 11.3. The topological polar surface area (TPSA) is 55.7 Å². The second-order valence-electron chi connectivity index (χ2n) is 10.3. The zero-order chi connectivity index (χ0) is 29.0. The van der Waals surface area contributed by atoms with Gasteiger partial charge in [-0.25, -0.2) is 0 Å². The molecule has 1 aromatic carbocycles. The molecular formula is C33H55NO3. The Balaban J connectivity index is 0. The van der Waals surface area contributed by atoms with Crippen LogP contribution in [0, 0.1) is 23.7 Å². The number of aliphatic imine (C=N–C) groups is 1. The number of allylic oxidation sites excluding steroid dienone is 2. The third-order valence-electron chi connectivity index (χ3n) is 6.11. The number of ether oxygens (including phenoxy) is 1. The molecule has 0 amide bonds. The molecule has 1 saturated carbocycles. The first kappa shape index (κ1) is 36.7. The fourth-order valence-corrected chi connectivity index (χ4v) is 2.67. The Hall–Kier alpha value is -2.49. The van der Waals surface area contributed by atoms with Gasteiger partial charge in [-0.3, -0.25) is 9.79 Å². The van der Waals surface area contributed by atoms with Crippen LogP contribution in [0.3, 0.4) is 0 Å². The van der Waals surface area contributed by atoms with Crippen molar-refractivity contribution in [1.29, 1.82) is 0 Å². The van der Waals surface area contributed by atoms with Crippen LogP contribution in [-0.2, 0) is 4.79 Å². The predicted molar refractivity (Wildman–Crippen MR) is 162 cm³/mol. The molecule has 0 heterocycles. The number of nitrogens with zero attached hydrogens (tertiary/aromatic N) is 1. The highest BCUT2D eigenvalue weighted by Crippen LogP contribution is 2.36. The molecule has 1 aliphatic rings. The minimum absolute atomic E-state index is 0.154. The quantitative estimate of drug-likeness (QED) is 0.178. The number of benzene rings is 1. The van der Waals surface area contributed by atoms with Crippen molar-refractivity contribution < 1.29 is 14.3 Å². The lowest BCUT2D eigenvalue weighted by Crippen LogP contribution is -2.00. The molecule has 210 valence electrons. The van der Waals surface area contributed by atoms with Crippen molar-refractivity contribution in [2.24, 2.45) is 28.7 Å². The van der Waals surface area contributed by atoms with Gasteiger partial charge < -0.3 is 9.53 Å². The number of hydrogen-bond acceptors (Lipinski definition) is 4. The first-order valence-corrected chi connectivity index (χ1v) is 13.9. The number of rotatable bonds is 10. The maximum Gasteiger partial charge on any atom is 0.162 e. The zero-order valence-corrected chi connectivity index (χ0v) is 25.7. The van der Waals surface area contributed by atoms with E-state index in [0.717, 1.165) is 29.1 Å². The van der Waals surface area contributed by atoms with E-state index in [1.807, 2.05) is 44.3 Å². The Kier molecular flexibility index (Phi) is 21.4. The van der Waals surface area contributed by atoms with Crippen molar-refractivity contribution in [1.82, 2.24) is 0 Å². The molecular weight excluding hydrogens is 458 g/mol. The van der Waals surface area contributed by atoms with Gasteiger partial charge in [0.1, 0.15) is 11.5 Å². The van der Waals surface area contributed by atoms with Crippen LogP contribution in [0.25, 0.3) is 0 Å². The maximum absolute atomic E-state index is 11.3. The van der Waals surface area contributed by atoms with Gasteiger partial charge in [0, 0.05) is 23.9 Å². The van der Waals surface area contributed by atoms with Crippen LogP contribution in [0.2, 0.25) is 0 Å². The third kappa shape index (κ3) is 20.3. The molecule has 0 saturated heterocycles. The van der Waals surface area contributed by atoms with Crippen molar-refractivity contribution in [3.05, 3.63) is 54.3 Å². The minimum Gasteiger partial charge on any atom is -0.494 e. The molecule has 1 atom stereocenters. The lowest BCUT2D eigenvalue weighted by molar-refractivity contribution is -0.115. The third-order valence-corrected chi connectivity index (χ3v) is 6.11. The highest BCUT2D eigenvalue weighted by molar-refractivity contribution is 5.96. The van der Waals surface area contributed by atoms with Crippen molar-refractivity contribution in [2.45, 2.75) is 102 Å². The van der Waals surface area contributed by atoms with Gasteiger partial charge in [-0.05, 0) is 81.9 Å². The summed E-state index contributed by atoms with van der Waals surface area (Å²) in [7, 11) is 0. The Morgan fingerprint density at radius 3 is 1.97 bits per heavy atom. The molecule has 0 N–H and O–H groups in total. The molecule has 0 aliphatic heterocycles. The van der Waals surface area contributed by atoms with E-state index in [-0.39, 0.29) is 11.6 Å². The normalized spacial score (nSPS) is 13.8. The summed E-state index contributed by atoms with van der Waals surface area (Å²) in [6.07, 6.45) is 8.41. The Labute approximate surface area is 228 Å². The molecule has 4 nitrogen and oxygen atoms in total. The van der Waals surface area contributed by atoms with E-state index in [0.29, 0.717) is 18.9 Å². The molecule has 0 aromatic heterocycles. The summed E-state index contributed by atoms with van der Waals surface area (Å²) >= 11 is 0. The van der Waals surface area contributed by atoms with E-state index in [1.54, 1.807) is 6.07 Å². The van der Waals surface area contributed by atoms with E-state index in [2.05, 4.69) is 60.0 Å². The fourth-order valence-electron chi connectivity index (χ4n) is 2.67. The van der Waals surface area contributed by atoms with Gasteiger partial charge in [-0.1, -0.05) is 79.7 Å². The van der Waals surface area contributed by atoms with Gasteiger partial charge in [-0.15, -0.1) is 0 Å². The van der Waals surface area contributed by atoms with Crippen molar-refractivity contribution in [2.75, 3.05) is 6.61 Å². The minimum atomic E-state index is 0.154. The first-order chi connectivity index (χ1) is 17.3. The van der Waals surface area contributed by atoms with Crippen molar-refractivity contribution in [3.8, 4) is 5.75 Å². The standard InChI is InChI=1S/C12H19N.C11H14O2.C7H16.C3H6O/c1-5-11(12-6-7-12)8-13-10(4)9(2)3;1-3-11(12)9-6-5-7-10(8-9)13-4-2;1-5-7(4)6(2)3;1-3(2)4/h5,8-9,12H,1,6-7H2,2-4H3;5-8H,3-4H2,1-2H3;6-7H,5H2,1-4H3;1-2H3/b11-8+,13-10?;;;. The van der Waals surface area contributed by atoms with Gasteiger partial charge in [0.05, 0.1) is 6.61 Å². The second kappa shape index (κ2) is 21.6. The summed E-state index contributed by atoms with van der Waals surface area (Å²) in [6.45, 7) is 26.8. The summed E-state index contributed by atoms with van der Waals surface area (Å²) < 4.78 is 5.29. The highest BCUT2D eigenvalue weighted by Gasteiger charge is 2.23. The van der Waals surface area contributed by atoms with E-state index in [1.165, 1.54) is 44.4 Å². The van der Waals surface area contributed by atoms with E-state index < -0.39 is 0 Å². The number of ketones is 2.